The molecule has 0 spiro atoms. The second-order valence-electron chi connectivity index (χ2n) is 6.46. The van der Waals surface area contributed by atoms with Gasteiger partial charge in [-0.05, 0) is 45.1 Å². The quantitative estimate of drug-likeness (QED) is 0.832. The standard InChI is InChI=1S/C16H20F3N5O2/c1-9-10(2)14-21-22-15(16(17,18)19)24(14)23-13(9)20-8-12(25)26-11-6-4-3-5-7-11/h11H,3-8H2,1-2H3,(H,20,23). The number of carbonyl (C=O) groups is 1. The number of aryl methyl sites for hydroxylation is 1. The highest BCUT2D eigenvalue weighted by Crippen LogP contribution is 2.29. The van der Waals surface area contributed by atoms with Crippen molar-refractivity contribution in [2.24, 2.45) is 0 Å². The number of nitrogens with one attached hydrogen (secondary N) is 1. The number of ether oxygens (including phenoxy) is 1. The maximum atomic E-state index is 13.0. The van der Waals surface area contributed by atoms with E-state index < -0.39 is 18.0 Å². The summed E-state index contributed by atoms with van der Waals surface area (Å²) in [4.78, 5) is 12.0. The number of esters is 1. The van der Waals surface area contributed by atoms with Gasteiger partial charge in [0.05, 0.1) is 0 Å². The van der Waals surface area contributed by atoms with Crippen molar-refractivity contribution in [2.75, 3.05) is 11.9 Å². The van der Waals surface area contributed by atoms with Crippen molar-refractivity contribution in [1.29, 1.82) is 0 Å². The normalized spacial score (nSPS) is 16.0. The van der Waals surface area contributed by atoms with Crippen LogP contribution in [-0.4, -0.2) is 38.4 Å². The molecule has 0 aromatic carbocycles. The lowest BCUT2D eigenvalue weighted by atomic mass is 9.98. The number of hydrogen-bond donors (Lipinski definition) is 1. The Morgan fingerprint density at radius 2 is 1.88 bits per heavy atom. The zero-order chi connectivity index (χ0) is 18.9. The first-order chi connectivity index (χ1) is 12.3. The highest BCUT2D eigenvalue weighted by molar-refractivity contribution is 5.75. The molecular weight excluding hydrogens is 351 g/mol. The van der Waals surface area contributed by atoms with E-state index in [4.69, 9.17) is 4.74 Å². The van der Waals surface area contributed by atoms with Gasteiger partial charge in [0.1, 0.15) is 12.6 Å². The Hall–Kier alpha value is -2.39. The number of hydrogen-bond acceptors (Lipinski definition) is 6. The second-order valence-corrected chi connectivity index (χ2v) is 6.46. The Morgan fingerprint density at radius 1 is 1.19 bits per heavy atom. The average Bonchev–Trinajstić information content (AvgIpc) is 3.02. The van der Waals surface area contributed by atoms with E-state index in [1.54, 1.807) is 13.8 Å². The summed E-state index contributed by atoms with van der Waals surface area (Å²) < 4.78 is 45.1. The molecule has 0 radical (unpaired) electrons. The molecule has 1 aliphatic rings. The van der Waals surface area contributed by atoms with Gasteiger partial charge in [-0.1, -0.05) is 6.42 Å². The van der Waals surface area contributed by atoms with Crippen molar-refractivity contribution in [2.45, 2.75) is 58.2 Å². The molecule has 0 atom stereocenters. The van der Waals surface area contributed by atoms with Crippen LogP contribution in [0.3, 0.4) is 0 Å². The molecule has 1 N–H and O–H groups in total. The van der Waals surface area contributed by atoms with Crippen LogP contribution in [0.2, 0.25) is 0 Å². The predicted molar refractivity (Wildman–Crippen MR) is 86.7 cm³/mol. The molecule has 7 nitrogen and oxygen atoms in total. The van der Waals surface area contributed by atoms with Gasteiger partial charge in [0.25, 0.3) is 5.82 Å². The molecule has 3 rings (SSSR count). The van der Waals surface area contributed by atoms with Crippen molar-refractivity contribution >= 4 is 17.4 Å². The molecular formula is C16H20F3N5O2. The van der Waals surface area contributed by atoms with Gasteiger partial charge >= 0.3 is 12.1 Å². The van der Waals surface area contributed by atoms with E-state index in [0.717, 1.165) is 32.1 Å². The lowest BCUT2D eigenvalue weighted by Crippen LogP contribution is -2.26. The van der Waals surface area contributed by atoms with Crippen molar-refractivity contribution in [1.82, 2.24) is 19.8 Å². The van der Waals surface area contributed by atoms with Gasteiger partial charge < -0.3 is 10.1 Å². The molecule has 10 heteroatoms. The van der Waals surface area contributed by atoms with Crippen molar-refractivity contribution in [3.8, 4) is 0 Å². The largest absolute Gasteiger partial charge is 0.461 e. The predicted octanol–water partition coefficient (Wildman–Crippen LogP) is 3.05. The van der Waals surface area contributed by atoms with Gasteiger partial charge in [0, 0.05) is 5.56 Å². The third kappa shape index (κ3) is 3.73. The Bertz CT molecular complexity index is 812. The summed E-state index contributed by atoms with van der Waals surface area (Å²) in [6.45, 7) is 3.16. The zero-order valence-corrected chi connectivity index (χ0v) is 14.6. The van der Waals surface area contributed by atoms with Crippen molar-refractivity contribution in [3.05, 3.63) is 17.0 Å². The number of fused-ring (bicyclic) bond motifs is 1. The van der Waals surface area contributed by atoms with Gasteiger partial charge in [-0.2, -0.15) is 17.7 Å². The number of halogens is 3. The molecule has 1 saturated carbocycles. The first-order valence-electron chi connectivity index (χ1n) is 8.50. The summed E-state index contributed by atoms with van der Waals surface area (Å²) in [5, 5.41) is 13.5. The van der Waals surface area contributed by atoms with E-state index in [-0.39, 0.29) is 24.1 Å². The molecule has 0 unspecified atom stereocenters. The van der Waals surface area contributed by atoms with E-state index in [9.17, 15) is 18.0 Å². The fraction of sp³-hybridized carbons (Fsp3) is 0.625. The third-order valence-electron chi connectivity index (χ3n) is 4.60. The molecule has 142 valence electrons. The summed E-state index contributed by atoms with van der Waals surface area (Å²) in [5.74, 6) is -1.49. The lowest BCUT2D eigenvalue weighted by molar-refractivity contribution is -0.148. The smallest absolute Gasteiger partial charge is 0.453 e. The molecule has 0 bridgehead atoms. The van der Waals surface area contributed by atoms with Crippen LogP contribution in [0.1, 0.15) is 49.1 Å². The van der Waals surface area contributed by atoms with Gasteiger partial charge in [-0.25, -0.2) is 0 Å². The summed E-state index contributed by atoms with van der Waals surface area (Å²) in [6.07, 6.45) is 0.172. The van der Waals surface area contributed by atoms with Crippen LogP contribution in [0.15, 0.2) is 0 Å². The van der Waals surface area contributed by atoms with E-state index in [1.165, 1.54) is 0 Å². The number of carbonyl (C=O) groups excluding carboxylic acids is 1. The molecule has 0 aliphatic heterocycles. The topological polar surface area (TPSA) is 81.4 Å². The number of alkyl halides is 3. The van der Waals surface area contributed by atoms with Gasteiger partial charge in [0.15, 0.2) is 11.5 Å². The third-order valence-corrected chi connectivity index (χ3v) is 4.60. The van der Waals surface area contributed by atoms with E-state index in [2.05, 4.69) is 20.6 Å². The van der Waals surface area contributed by atoms with Crippen LogP contribution in [0.4, 0.5) is 19.0 Å². The minimum atomic E-state index is -4.68. The van der Waals surface area contributed by atoms with E-state index >= 15 is 0 Å². The Balaban J connectivity index is 1.76. The van der Waals surface area contributed by atoms with Gasteiger partial charge in [-0.15, -0.1) is 15.3 Å². The molecule has 1 aliphatic carbocycles. The monoisotopic (exact) mass is 371 g/mol. The average molecular weight is 371 g/mol. The van der Waals surface area contributed by atoms with Gasteiger partial charge in [0.2, 0.25) is 0 Å². The SMILES string of the molecule is Cc1c(NCC(=O)OC2CCCCC2)nn2c(C(F)(F)F)nnc2c1C. The summed E-state index contributed by atoms with van der Waals surface area (Å²) in [5.41, 5.74) is 1.14. The maximum Gasteiger partial charge on any atom is 0.453 e. The van der Waals surface area contributed by atoms with Crippen molar-refractivity contribution < 1.29 is 22.7 Å². The van der Waals surface area contributed by atoms with Crippen LogP contribution in [0.25, 0.3) is 5.65 Å². The highest BCUT2D eigenvalue weighted by atomic mass is 19.4. The fourth-order valence-electron chi connectivity index (χ4n) is 3.04. The maximum absolute atomic E-state index is 13.0. The fourth-order valence-corrected chi connectivity index (χ4v) is 3.04. The van der Waals surface area contributed by atoms with Crippen LogP contribution in [0.5, 0.6) is 0 Å². The molecule has 0 amide bonds. The molecule has 0 saturated heterocycles. The Morgan fingerprint density at radius 3 is 2.54 bits per heavy atom. The van der Waals surface area contributed by atoms with Crippen LogP contribution in [0, 0.1) is 13.8 Å². The number of anilines is 1. The molecule has 2 aromatic heterocycles. The zero-order valence-electron chi connectivity index (χ0n) is 14.6. The summed E-state index contributed by atoms with van der Waals surface area (Å²) in [7, 11) is 0. The molecule has 26 heavy (non-hydrogen) atoms. The number of rotatable bonds is 4. The first kappa shape index (κ1) is 18.4. The van der Waals surface area contributed by atoms with E-state index in [1.807, 2.05) is 0 Å². The van der Waals surface area contributed by atoms with E-state index in [0.29, 0.717) is 15.6 Å². The second kappa shape index (κ2) is 7.08. The lowest BCUT2D eigenvalue weighted by Gasteiger charge is -2.22. The molecule has 2 heterocycles. The first-order valence-corrected chi connectivity index (χ1v) is 8.50. The number of nitrogens with zero attached hydrogens (tertiary/aromatic N) is 4. The van der Waals surface area contributed by atoms with Gasteiger partial charge in [-0.3, -0.25) is 4.79 Å². The highest BCUT2D eigenvalue weighted by Gasteiger charge is 2.38. The summed E-state index contributed by atoms with van der Waals surface area (Å²) >= 11 is 0. The van der Waals surface area contributed by atoms with Crippen LogP contribution in [-0.2, 0) is 15.7 Å². The summed E-state index contributed by atoms with van der Waals surface area (Å²) in [6, 6.07) is 0. The van der Waals surface area contributed by atoms with Crippen LogP contribution >= 0.6 is 0 Å². The molecule has 1 fully saturated rings. The molecule has 2 aromatic rings. The van der Waals surface area contributed by atoms with Crippen LogP contribution < -0.4 is 5.32 Å². The Kier molecular flexibility index (Phi) is 5.01. The Labute approximate surface area is 147 Å². The minimum Gasteiger partial charge on any atom is -0.461 e. The minimum absolute atomic E-state index is 0.0326. The van der Waals surface area contributed by atoms with Crippen molar-refractivity contribution in [3.63, 3.8) is 0 Å². The number of aromatic nitrogens is 4.